The van der Waals surface area contributed by atoms with E-state index in [0.29, 0.717) is 11.2 Å². The van der Waals surface area contributed by atoms with Gasteiger partial charge in [-0.3, -0.25) is 0 Å². The van der Waals surface area contributed by atoms with Gasteiger partial charge in [0.2, 0.25) is 0 Å². The monoisotopic (exact) mass is 226 g/mol. The molecule has 0 radical (unpaired) electrons. The number of hydrogen-bond acceptors (Lipinski definition) is 5. The van der Waals surface area contributed by atoms with Crippen LogP contribution in [0.5, 0.6) is 0 Å². The molecule has 1 rings (SSSR count). The van der Waals surface area contributed by atoms with Gasteiger partial charge in [0.15, 0.2) is 0 Å². The Morgan fingerprint density at radius 2 is 2.23 bits per heavy atom. The van der Waals surface area contributed by atoms with Gasteiger partial charge < -0.3 is 14.6 Å². The summed E-state index contributed by atoms with van der Waals surface area (Å²) in [5, 5.41) is 7.80. The lowest BCUT2D eigenvalue weighted by molar-refractivity contribution is -0.106. The molecule has 1 saturated heterocycles. The van der Waals surface area contributed by atoms with E-state index in [4.69, 9.17) is 14.6 Å². The third-order valence-corrected chi connectivity index (χ3v) is 2.10. The van der Waals surface area contributed by atoms with Gasteiger partial charge in [0.1, 0.15) is 11.7 Å². The van der Waals surface area contributed by atoms with E-state index in [0.717, 1.165) is 12.9 Å². The summed E-state index contributed by atoms with van der Waals surface area (Å²) < 4.78 is 5.12. The van der Waals surface area contributed by atoms with Crippen LogP contribution in [0, 0.1) is 0 Å². The quantitative estimate of drug-likeness (QED) is 0.521. The smallest absolute Gasteiger partial charge is 0.116 e. The third-order valence-electron chi connectivity index (χ3n) is 0.888. The number of hydrogen-bond donors (Lipinski definition) is 2. The molecule has 13 heavy (non-hydrogen) atoms. The summed E-state index contributed by atoms with van der Waals surface area (Å²) in [6.45, 7) is 4.66. The van der Waals surface area contributed by atoms with Crippen LogP contribution in [0.15, 0.2) is 0 Å². The van der Waals surface area contributed by atoms with Gasteiger partial charge in [0, 0.05) is 11.5 Å². The number of aliphatic hydroxyl groups is 1. The van der Waals surface area contributed by atoms with E-state index in [1.54, 1.807) is 0 Å². The van der Waals surface area contributed by atoms with Crippen LogP contribution in [-0.2, 0) is 9.53 Å². The molecular formula is C8H18O3S2. The summed E-state index contributed by atoms with van der Waals surface area (Å²) in [7, 11) is 0. The van der Waals surface area contributed by atoms with Crippen molar-refractivity contribution in [3.05, 3.63) is 0 Å². The molecule has 80 valence electrons. The van der Waals surface area contributed by atoms with Crippen molar-refractivity contribution in [2.24, 2.45) is 0 Å². The van der Waals surface area contributed by atoms with E-state index < -0.39 is 0 Å². The maximum atomic E-state index is 8.81. The summed E-state index contributed by atoms with van der Waals surface area (Å²) in [6, 6.07) is 0. The molecule has 0 bridgehead atoms. The average molecular weight is 226 g/mol. The highest BCUT2D eigenvalue weighted by Gasteiger charge is 2.07. The van der Waals surface area contributed by atoms with Crippen molar-refractivity contribution in [3.8, 4) is 0 Å². The minimum atomic E-state index is 0.184. The van der Waals surface area contributed by atoms with Crippen LogP contribution in [0.4, 0.5) is 0 Å². The Balaban J connectivity index is 0. The Morgan fingerprint density at radius 3 is 2.31 bits per heavy atom. The summed E-state index contributed by atoms with van der Waals surface area (Å²) >= 11 is 5.55. The number of carbonyl (C=O) groups is 1. The molecule has 0 spiro atoms. The molecule has 1 N–H and O–H groups in total. The Bertz CT molecular complexity index is 93.4. The first kappa shape index (κ1) is 15.7. The molecule has 0 aromatic heterocycles. The summed E-state index contributed by atoms with van der Waals surface area (Å²) in [6.07, 6.45) is 0.750. The number of aldehydes is 1. The normalized spacial score (nSPS) is 19.2. The Morgan fingerprint density at radius 1 is 1.77 bits per heavy atom. The topological polar surface area (TPSA) is 46.5 Å². The average Bonchev–Trinajstić information content (AvgIpc) is 2.58. The number of aliphatic hydroxyl groups excluding tert-OH is 1. The summed E-state index contributed by atoms with van der Waals surface area (Å²) in [5.41, 5.74) is 0.463. The number of carbonyl (C=O) groups excluding carboxylic acids is 1. The van der Waals surface area contributed by atoms with E-state index in [-0.39, 0.29) is 6.61 Å². The minimum Gasteiger partial charge on any atom is -0.396 e. The predicted octanol–water partition coefficient (Wildman–Crippen LogP) is 1.21. The molecule has 1 heterocycles. The van der Waals surface area contributed by atoms with E-state index in [1.165, 1.54) is 12.7 Å². The van der Waals surface area contributed by atoms with Gasteiger partial charge in [-0.2, -0.15) is 12.6 Å². The van der Waals surface area contributed by atoms with E-state index >= 15 is 0 Å². The van der Waals surface area contributed by atoms with Gasteiger partial charge in [0.25, 0.3) is 0 Å². The fourth-order valence-electron chi connectivity index (χ4n) is 0.476. The van der Waals surface area contributed by atoms with Crippen molar-refractivity contribution < 1.29 is 14.6 Å². The van der Waals surface area contributed by atoms with Crippen molar-refractivity contribution >= 4 is 30.7 Å². The van der Waals surface area contributed by atoms with Crippen LogP contribution < -0.4 is 0 Å². The fourth-order valence-corrected chi connectivity index (χ4v) is 1.19. The fraction of sp³-hybridized carbons (Fsp3) is 0.875. The van der Waals surface area contributed by atoms with Crippen LogP contribution in [0.3, 0.4) is 0 Å². The largest absolute Gasteiger partial charge is 0.396 e. The first-order chi connectivity index (χ1) is 6.22. The Hall–Kier alpha value is 0.290. The van der Waals surface area contributed by atoms with Gasteiger partial charge >= 0.3 is 0 Å². The molecule has 1 fully saturated rings. The van der Waals surface area contributed by atoms with Crippen LogP contribution in [0.1, 0.15) is 13.8 Å². The molecule has 3 nitrogen and oxygen atoms in total. The Kier molecular flexibility index (Phi) is 17.9. The molecular weight excluding hydrogens is 208 g/mol. The molecule has 0 aromatic carbocycles. The van der Waals surface area contributed by atoms with Crippen LogP contribution in [-0.4, -0.2) is 41.5 Å². The standard InChI is InChI=1S/C4H8OS.C2H6OS.C2H4O/c1-4-5-2-3-6-4;3-1-2-4;1-2-3/h4H,2-3H2,1H3;3-4H,1-2H2;2H,1H3. The first-order valence-corrected chi connectivity index (χ1v) is 5.75. The summed E-state index contributed by atoms with van der Waals surface area (Å²) in [5.74, 6) is 1.75. The van der Waals surface area contributed by atoms with E-state index in [2.05, 4.69) is 19.6 Å². The second-order valence-corrected chi connectivity index (χ2v) is 3.84. The second-order valence-electron chi connectivity index (χ2n) is 1.99. The second kappa shape index (κ2) is 14.8. The zero-order valence-corrected chi connectivity index (χ0v) is 9.81. The molecule has 0 amide bonds. The van der Waals surface area contributed by atoms with Gasteiger partial charge in [-0.25, -0.2) is 0 Å². The zero-order valence-electron chi connectivity index (χ0n) is 8.10. The predicted molar refractivity (Wildman–Crippen MR) is 60.5 cm³/mol. The summed E-state index contributed by atoms with van der Waals surface area (Å²) in [4.78, 5) is 8.81. The SMILES string of the molecule is CC1OCCS1.CC=O.OCCS. The highest BCUT2D eigenvalue weighted by atomic mass is 32.2. The highest BCUT2D eigenvalue weighted by Crippen LogP contribution is 2.17. The van der Waals surface area contributed by atoms with Crippen molar-refractivity contribution in [1.29, 1.82) is 0 Å². The van der Waals surface area contributed by atoms with E-state index in [9.17, 15) is 0 Å². The minimum absolute atomic E-state index is 0.184. The maximum Gasteiger partial charge on any atom is 0.116 e. The first-order valence-electron chi connectivity index (χ1n) is 4.07. The lowest BCUT2D eigenvalue weighted by atomic mass is 10.8. The van der Waals surface area contributed by atoms with Gasteiger partial charge in [-0.15, -0.1) is 11.8 Å². The number of thiol groups is 1. The number of thioether (sulfide) groups is 1. The lowest BCUT2D eigenvalue weighted by Crippen LogP contribution is -1.90. The maximum absolute atomic E-state index is 8.81. The lowest BCUT2D eigenvalue weighted by Gasteiger charge is -1.93. The highest BCUT2D eigenvalue weighted by molar-refractivity contribution is 7.99. The van der Waals surface area contributed by atoms with Gasteiger partial charge in [-0.05, 0) is 13.8 Å². The van der Waals surface area contributed by atoms with Crippen LogP contribution in [0.2, 0.25) is 0 Å². The van der Waals surface area contributed by atoms with Crippen LogP contribution >= 0.6 is 24.4 Å². The van der Waals surface area contributed by atoms with Crippen LogP contribution in [0.25, 0.3) is 0 Å². The molecule has 5 heteroatoms. The van der Waals surface area contributed by atoms with Crippen molar-refractivity contribution in [3.63, 3.8) is 0 Å². The molecule has 1 atom stereocenters. The van der Waals surface area contributed by atoms with Crippen molar-refractivity contribution in [2.75, 3.05) is 24.7 Å². The third kappa shape index (κ3) is 18.9. The van der Waals surface area contributed by atoms with E-state index in [1.807, 2.05) is 11.8 Å². The Labute approximate surface area is 89.6 Å². The molecule has 1 aliphatic rings. The molecule has 0 saturated carbocycles. The molecule has 1 unspecified atom stereocenters. The zero-order chi connectivity index (χ0) is 10.5. The van der Waals surface area contributed by atoms with Crippen molar-refractivity contribution in [1.82, 2.24) is 0 Å². The van der Waals surface area contributed by atoms with Crippen molar-refractivity contribution in [2.45, 2.75) is 19.3 Å². The number of ether oxygens (including phenoxy) is 1. The molecule has 1 aliphatic heterocycles. The van der Waals surface area contributed by atoms with Gasteiger partial charge in [0.05, 0.1) is 13.2 Å². The molecule has 0 aliphatic carbocycles. The number of rotatable bonds is 1. The van der Waals surface area contributed by atoms with Gasteiger partial charge in [-0.1, -0.05) is 0 Å². The molecule has 0 aromatic rings.